The summed E-state index contributed by atoms with van der Waals surface area (Å²) in [4.78, 5) is 0.951. The number of aryl methyl sites for hydroxylation is 1. The quantitative estimate of drug-likeness (QED) is 0.553. The average Bonchev–Trinajstić information content (AvgIpc) is 3.34. The van der Waals surface area contributed by atoms with E-state index in [0.29, 0.717) is 15.6 Å². The maximum Gasteiger partial charge on any atom is 0.204 e. The molecule has 136 valence electrons. The molecule has 4 rings (SSSR count). The van der Waals surface area contributed by atoms with Crippen molar-refractivity contribution in [1.29, 1.82) is 0 Å². The molecule has 0 aliphatic carbocycles. The summed E-state index contributed by atoms with van der Waals surface area (Å²) in [6.07, 6.45) is 0. The third kappa shape index (κ3) is 3.67. The van der Waals surface area contributed by atoms with Crippen molar-refractivity contribution in [2.24, 2.45) is 0 Å². The fourth-order valence-electron chi connectivity index (χ4n) is 2.86. The van der Waals surface area contributed by atoms with Crippen molar-refractivity contribution < 1.29 is 8.42 Å². The van der Waals surface area contributed by atoms with Crippen LogP contribution in [0.4, 0.5) is 0 Å². The van der Waals surface area contributed by atoms with Gasteiger partial charge in [-0.1, -0.05) is 42.5 Å². The van der Waals surface area contributed by atoms with Crippen LogP contribution < -0.4 is 0 Å². The predicted molar refractivity (Wildman–Crippen MR) is 105 cm³/mol. The number of nitrogens with one attached hydrogen (secondary N) is 1. The van der Waals surface area contributed by atoms with E-state index < -0.39 is 9.84 Å². The van der Waals surface area contributed by atoms with Crippen molar-refractivity contribution >= 4 is 21.2 Å². The Labute approximate surface area is 160 Å². The Morgan fingerprint density at radius 3 is 2.67 bits per heavy atom. The lowest BCUT2D eigenvalue weighted by molar-refractivity contribution is 0.597. The largest absolute Gasteiger partial charge is 0.223 e. The summed E-state index contributed by atoms with van der Waals surface area (Å²) in [5.41, 5.74) is 3.59. The number of aromatic nitrogens is 4. The molecule has 0 atom stereocenters. The van der Waals surface area contributed by atoms with Crippen molar-refractivity contribution in [1.82, 2.24) is 20.6 Å². The summed E-state index contributed by atoms with van der Waals surface area (Å²) in [7, 11) is -3.44. The van der Waals surface area contributed by atoms with Crippen LogP contribution in [0.25, 0.3) is 21.8 Å². The van der Waals surface area contributed by atoms with E-state index in [2.05, 4.69) is 20.6 Å². The third-order valence-corrected chi connectivity index (χ3v) is 7.57. The van der Waals surface area contributed by atoms with E-state index >= 15 is 0 Å². The smallest absolute Gasteiger partial charge is 0.204 e. The Balaban J connectivity index is 1.62. The number of benzene rings is 2. The lowest BCUT2D eigenvalue weighted by Gasteiger charge is -2.04. The first-order chi connectivity index (χ1) is 13.0. The van der Waals surface area contributed by atoms with Gasteiger partial charge in [-0.3, -0.25) is 0 Å². The average molecular weight is 396 g/mol. The third-order valence-electron chi connectivity index (χ3n) is 4.19. The molecule has 27 heavy (non-hydrogen) atoms. The summed E-state index contributed by atoms with van der Waals surface area (Å²) < 4.78 is 26.1. The number of aromatic amines is 1. The number of thiophene rings is 1. The second kappa shape index (κ2) is 7.05. The zero-order chi connectivity index (χ0) is 18.9. The first kappa shape index (κ1) is 17.6. The highest BCUT2D eigenvalue weighted by molar-refractivity contribution is 7.92. The van der Waals surface area contributed by atoms with E-state index in [1.165, 1.54) is 11.3 Å². The standard InChI is InChI=1S/C19H16N4O2S2/c1-13-5-2-3-8-16(13)17-9-10-18(26-17)27(24,25)12-14-6-4-7-15(11-14)19-20-22-23-21-19/h2-11H,12H2,1H3,(H,20,21,22,23). The molecule has 0 bridgehead atoms. The summed E-state index contributed by atoms with van der Waals surface area (Å²) in [6.45, 7) is 2.02. The SMILES string of the molecule is Cc1ccccc1-c1ccc(S(=O)(=O)Cc2cccc(-c3nn[nH]n3)c2)s1. The highest BCUT2D eigenvalue weighted by Crippen LogP contribution is 2.34. The summed E-state index contributed by atoms with van der Waals surface area (Å²) in [5.74, 6) is 0.360. The molecule has 0 radical (unpaired) electrons. The highest BCUT2D eigenvalue weighted by atomic mass is 32.2. The Morgan fingerprint density at radius 2 is 1.89 bits per heavy atom. The van der Waals surface area contributed by atoms with Gasteiger partial charge in [0.25, 0.3) is 0 Å². The lowest BCUT2D eigenvalue weighted by atomic mass is 10.1. The van der Waals surface area contributed by atoms with E-state index in [-0.39, 0.29) is 5.75 Å². The van der Waals surface area contributed by atoms with Crippen LogP contribution in [-0.2, 0) is 15.6 Å². The van der Waals surface area contributed by atoms with Crippen molar-refractivity contribution in [2.75, 3.05) is 0 Å². The Hall–Kier alpha value is -2.84. The monoisotopic (exact) mass is 396 g/mol. The van der Waals surface area contributed by atoms with Crippen LogP contribution >= 0.6 is 11.3 Å². The Bertz CT molecular complexity index is 1180. The molecule has 0 fully saturated rings. The molecular weight excluding hydrogens is 380 g/mol. The molecule has 0 saturated heterocycles. The number of tetrazole rings is 1. The normalized spacial score (nSPS) is 11.6. The van der Waals surface area contributed by atoms with Gasteiger partial charge in [0.05, 0.1) is 5.75 Å². The maximum absolute atomic E-state index is 12.9. The molecule has 0 amide bonds. The van der Waals surface area contributed by atoms with Gasteiger partial charge in [0.2, 0.25) is 5.82 Å². The number of hydrogen-bond donors (Lipinski definition) is 1. The first-order valence-corrected chi connectivity index (χ1v) is 10.7. The zero-order valence-corrected chi connectivity index (χ0v) is 16.1. The molecule has 0 unspecified atom stereocenters. The van der Waals surface area contributed by atoms with Crippen LogP contribution in [-0.4, -0.2) is 29.0 Å². The van der Waals surface area contributed by atoms with Gasteiger partial charge >= 0.3 is 0 Å². The minimum atomic E-state index is -3.44. The number of H-pyrrole nitrogens is 1. The van der Waals surface area contributed by atoms with Crippen LogP contribution in [0.5, 0.6) is 0 Å². The fourth-order valence-corrected chi connectivity index (χ4v) is 5.67. The summed E-state index contributed by atoms with van der Waals surface area (Å²) in [6, 6.07) is 18.7. The summed E-state index contributed by atoms with van der Waals surface area (Å²) >= 11 is 1.30. The number of sulfone groups is 1. The van der Waals surface area contributed by atoms with Crippen molar-refractivity contribution in [3.8, 4) is 21.8 Å². The van der Waals surface area contributed by atoms with Gasteiger partial charge in [0, 0.05) is 10.4 Å². The van der Waals surface area contributed by atoms with Gasteiger partial charge in [-0.2, -0.15) is 5.21 Å². The summed E-state index contributed by atoms with van der Waals surface area (Å²) in [5, 5.41) is 13.8. The van der Waals surface area contributed by atoms with E-state index in [0.717, 1.165) is 21.6 Å². The molecule has 0 aliphatic rings. The molecule has 4 aromatic rings. The number of nitrogens with zero attached hydrogens (tertiary/aromatic N) is 3. The molecule has 0 aliphatic heterocycles. The Kier molecular flexibility index (Phi) is 4.59. The fraction of sp³-hybridized carbons (Fsp3) is 0.105. The van der Waals surface area contributed by atoms with Gasteiger partial charge < -0.3 is 0 Å². The molecule has 0 spiro atoms. The Morgan fingerprint density at radius 1 is 1.04 bits per heavy atom. The molecule has 0 saturated carbocycles. The van der Waals surface area contributed by atoms with Crippen LogP contribution in [0, 0.1) is 6.92 Å². The zero-order valence-electron chi connectivity index (χ0n) is 14.5. The van der Waals surface area contributed by atoms with E-state index in [1.54, 1.807) is 24.3 Å². The number of hydrogen-bond acceptors (Lipinski definition) is 6. The van der Waals surface area contributed by atoms with Gasteiger partial charge in [-0.15, -0.1) is 21.5 Å². The van der Waals surface area contributed by atoms with Gasteiger partial charge in [-0.25, -0.2) is 8.42 Å². The minimum absolute atomic E-state index is 0.0770. The lowest BCUT2D eigenvalue weighted by Crippen LogP contribution is -2.03. The molecule has 2 aromatic heterocycles. The molecule has 2 aromatic carbocycles. The van der Waals surface area contributed by atoms with Crippen molar-refractivity contribution in [3.05, 3.63) is 71.8 Å². The van der Waals surface area contributed by atoms with E-state index in [9.17, 15) is 8.42 Å². The van der Waals surface area contributed by atoms with E-state index in [4.69, 9.17) is 0 Å². The highest BCUT2D eigenvalue weighted by Gasteiger charge is 2.19. The number of rotatable bonds is 5. The molecule has 8 heteroatoms. The van der Waals surface area contributed by atoms with Crippen molar-refractivity contribution in [3.63, 3.8) is 0 Å². The molecular formula is C19H16N4O2S2. The van der Waals surface area contributed by atoms with Crippen LogP contribution in [0.1, 0.15) is 11.1 Å². The minimum Gasteiger partial charge on any atom is -0.223 e. The van der Waals surface area contributed by atoms with Crippen molar-refractivity contribution in [2.45, 2.75) is 16.9 Å². The molecule has 2 heterocycles. The second-order valence-corrected chi connectivity index (χ2v) is 9.43. The second-order valence-electron chi connectivity index (χ2n) is 6.13. The van der Waals surface area contributed by atoms with Crippen LogP contribution in [0.15, 0.2) is 64.9 Å². The van der Waals surface area contributed by atoms with E-state index in [1.807, 2.05) is 43.3 Å². The van der Waals surface area contributed by atoms with Gasteiger partial charge in [0.1, 0.15) is 4.21 Å². The predicted octanol–water partition coefficient (Wildman–Crippen LogP) is 3.88. The maximum atomic E-state index is 12.9. The first-order valence-electron chi connectivity index (χ1n) is 8.24. The van der Waals surface area contributed by atoms with Crippen LogP contribution in [0.3, 0.4) is 0 Å². The van der Waals surface area contributed by atoms with Gasteiger partial charge in [0.15, 0.2) is 9.84 Å². The topological polar surface area (TPSA) is 88.6 Å². The molecule has 1 N–H and O–H groups in total. The van der Waals surface area contributed by atoms with Gasteiger partial charge in [-0.05, 0) is 47.0 Å². The molecule has 6 nitrogen and oxygen atoms in total. The van der Waals surface area contributed by atoms with Crippen LogP contribution in [0.2, 0.25) is 0 Å².